The van der Waals surface area contributed by atoms with E-state index >= 15 is 0 Å². The molecule has 1 fully saturated rings. The van der Waals surface area contributed by atoms with Gasteiger partial charge in [-0.25, -0.2) is 4.98 Å². The van der Waals surface area contributed by atoms with E-state index in [9.17, 15) is 4.79 Å². The van der Waals surface area contributed by atoms with Crippen molar-refractivity contribution in [3.8, 4) is 0 Å². The molecule has 1 atom stereocenters. The van der Waals surface area contributed by atoms with E-state index in [1.165, 1.54) is 4.90 Å². The fraction of sp³-hybridized carbons (Fsp3) is 0.412. The number of nitrogens with zero attached hydrogens (tertiary/aromatic N) is 3. The first kappa shape index (κ1) is 15.2. The molecule has 2 aromatic rings. The Labute approximate surface area is 135 Å². The molecule has 0 spiro atoms. The molecule has 22 heavy (non-hydrogen) atoms. The summed E-state index contributed by atoms with van der Waals surface area (Å²) >= 11 is 1.90. The smallest absolute Gasteiger partial charge is 0.293 e. The number of benzene rings is 1. The first-order valence-corrected chi connectivity index (χ1v) is 8.74. The molecule has 4 nitrogen and oxygen atoms in total. The van der Waals surface area contributed by atoms with E-state index < -0.39 is 0 Å². The molecule has 1 aliphatic heterocycles. The lowest BCUT2D eigenvalue weighted by Gasteiger charge is -2.17. The van der Waals surface area contributed by atoms with Crippen molar-refractivity contribution in [1.82, 2.24) is 9.55 Å². The van der Waals surface area contributed by atoms with Crippen molar-refractivity contribution in [2.45, 2.75) is 24.8 Å². The minimum absolute atomic E-state index is 0.0290. The van der Waals surface area contributed by atoms with Crippen LogP contribution in [0, 0.1) is 5.92 Å². The average Bonchev–Trinajstić information content (AvgIpc) is 3.03. The van der Waals surface area contributed by atoms with Crippen LogP contribution in [0.1, 0.15) is 13.3 Å². The molecule has 0 unspecified atom stereocenters. The fourth-order valence-corrected chi connectivity index (χ4v) is 3.84. The molecule has 116 valence electrons. The van der Waals surface area contributed by atoms with Crippen LogP contribution in [0.4, 0.5) is 5.82 Å². The first-order chi connectivity index (χ1) is 10.8. The number of hydrogen-bond acceptors (Lipinski definition) is 4. The van der Waals surface area contributed by atoms with Crippen LogP contribution in [0.25, 0.3) is 0 Å². The number of rotatable bonds is 5. The summed E-state index contributed by atoms with van der Waals surface area (Å²) in [6.07, 6.45) is 4.61. The summed E-state index contributed by atoms with van der Waals surface area (Å²) in [6.45, 7) is 4.52. The summed E-state index contributed by atoms with van der Waals surface area (Å²) in [6, 6.07) is 10.5. The second-order valence-corrected chi connectivity index (χ2v) is 6.66. The van der Waals surface area contributed by atoms with Crippen molar-refractivity contribution in [2.24, 2.45) is 5.92 Å². The van der Waals surface area contributed by atoms with Crippen molar-refractivity contribution in [2.75, 3.05) is 23.7 Å². The average molecular weight is 315 g/mol. The molecular formula is C17H21N3OS. The van der Waals surface area contributed by atoms with Crippen LogP contribution in [0.15, 0.2) is 52.4 Å². The third kappa shape index (κ3) is 3.35. The van der Waals surface area contributed by atoms with E-state index in [-0.39, 0.29) is 5.56 Å². The van der Waals surface area contributed by atoms with Crippen molar-refractivity contribution < 1.29 is 0 Å². The summed E-state index contributed by atoms with van der Waals surface area (Å²) in [5, 5.41) is 0. The van der Waals surface area contributed by atoms with E-state index in [4.69, 9.17) is 0 Å². The van der Waals surface area contributed by atoms with Crippen molar-refractivity contribution >= 4 is 17.6 Å². The van der Waals surface area contributed by atoms with E-state index in [0.29, 0.717) is 18.3 Å². The highest BCUT2D eigenvalue weighted by atomic mass is 32.2. The van der Waals surface area contributed by atoms with Crippen LogP contribution in [-0.2, 0) is 6.54 Å². The number of aromatic nitrogens is 2. The molecule has 0 saturated carbocycles. The van der Waals surface area contributed by atoms with Gasteiger partial charge in [-0.3, -0.25) is 4.79 Å². The highest BCUT2D eigenvalue weighted by molar-refractivity contribution is 7.99. The van der Waals surface area contributed by atoms with Gasteiger partial charge in [-0.15, -0.1) is 11.8 Å². The quantitative estimate of drug-likeness (QED) is 0.795. The van der Waals surface area contributed by atoms with E-state index in [1.54, 1.807) is 17.0 Å². The van der Waals surface area contributed by atoms with Crippen LogP contribution in [0.3, 0.4) is 0 Å². The minimum Gasteiger partial charge on any atom is -0.352 e. The minimum atomic E-state index is 0.0290. The summed E-state index contributed by atoms with van der Waals surface area (Å²) in [4.78, 5) is 20.1. The van der Waals surface area contributed by atoms with Gasteiger partial charge in [0.05, 0.1) is 0 Å². The van der Waals surface area contributed by atoms with Gasteiger partial charge in [0.15, 0.2) is 5.82 Å². The Kier molecular flexibility index (Phi) is 4.83. The highest BCUT2D eigenvalue weighted by Crippen LogP contribution is 2.26. The molecule has 1 saturated heterocycles. The lowest BCUT2D eigenvalue weighted by atomic mass is 10.2. The van der Waals surface area contributed by atoms with Gasteiger partial charge in [-0.2, -0.15) is 0 Å². The van der Waals surface area contributed by atoms with Crippen molar-refractivity contribution in [3.05, 3.63) is 53.1 Å². The Morgan fingerprint density at radius 3 is 2.91 bits per heavy atom. The molecule has 2 heterocycles. The second kappa shape index (κ2) is 7.01. The Bertz CT molecular complexity index is 671. The number of anilines is 1. The van der Waals surface area contributed by atoms with Gasteiger partial charge < -0.3 is 9.47 Å². The topological polar surface area (TPSA) is 38.1 Å². The molecule has 1 aromatic carbocycles. The van der Waals surface area contributed by atoms with Gasteiger partial charge in [0, 0.05) is 42.7 Å². The van der Waals surface area contributed by atoms with Gasteiger partial charge in [-0.05, 0) is 31.4 Å². The molecule has 0 aliphatic carbocycles. The predicted molar refractivity (Wildman–Crippen MR) is 91.7 cm³/mol. The van der Waals surface area contributed by atoms with Crippen LogP contribution >= 0.6 is 11.8 Å². The Morgan fingerprint density at radius 2 is 2.14 bits per heavy atom. The first-order valence-electron chi connectivity index (χ1n) is 7.76. The van der Waals surface area contributed by atoms with Gasteiger partial charge in [-0.1, -0.05) is 18.2 Å². The highest BCUT2D eigenvalue weighted by Gasteiger charge is 2.25. The maximum absolute atomic E-state index is 12.3. The summed E-state index contributed by atoms with van der Waals surface area (Å²) in [5.74, 6) is 2.31. The zero-order valence-corrected chi connectivity index (χ0v) is 13.6. The molecule has 1 aliphatic rings. The molecule has 5 heteroatoms. The Balaban J connectivity index is 1.62. The molecule has 0 amide bonds. The van der Waals surface area contributed by atoms with Crippen LogP contribution in [0.2, 0.25) is 0 Å². The Morgan fingerprint density at radius 1 is 1.32 bits per heavy atom. The van der Waals surface area contributed by atoms with E-state index in [1.807, 2.05) is 24.8 Å². The van der Waals surface area contributed by atoms with Crippen LogP contribution < -0.4 is 10.5 Å². The molecular weight excluding hydrogens is 294 g/mol. The predicted octanol–water partition coefficient (Wildman–Crippen LogP) is 2.88. The van der Waals surface area contributed by atoms with E-state index in [2.05, 4.69) is 34.1 Å². The maximum Gasteiger partial charge on any atom is 0.293 e. The lowest BCUT2D eigenvalue weighted by Crippen LogP contribution is -2.31. The summed E-state index contributed by atoms with van der Waals surface area (Å²) in [7, 11) is 0. The lowest BCUT2D eigenvalue weighted by molar-refractivity contribution is 0.667. The van der Waals surface area contributed by atoms with Crippen LogP contribution in [0.5, 0.6) is 0 Å². The maximum atomic E-state index is 12.3. The standard InChI is InChI=1S/C17H21N3OS/c1-2-19-11-9-18-16(17(19)21)20-10-8-14(12-20)13-22-15-6-4-3-5-7-15/h3-7,9,11,14H,2,8,10,12-13H2,1H3/t14-/m0/s1. The molecule has 0 radical (unpaired) electrons. The molecule has 3 rings (SSSR count). The second-order valence-electron chi connectivity index (χ2n) is 5.57. The van der Waals surface area contributed by atoms with Gasteiger partial charge in [0.1, 0.15) is 0 Å². The number of thioether (sulfide) groups is 1. The summed E-state index contributed by atoms with van der Waals surface area (Å²) in [5.41, 5.74) is 0.0290. The monoisotopic (exact) mass is 315 g/mol. The normalized spacial score (nSPS) is 17.9. The molecule has 0 N–H and O–H groups in total. The fourth-order valence-electron chi connectivity index (χ4n) is 2.79. The number of aryl methyl sites for hydroxylation is 1. The van der Waals surface area contributed by atoms with Gasteiger partial charge >= 0.3 is 0 Å². The Hall–Kier alpha value is -1.75. The molecule has 1 aromatic heterocycles. The van der Waals surface area contributed by atoms with Gasteiger partial charge in [0.25, 0.3) is 5.56 Å². The third-order valence-electron chi connectivity index (χ3n) is 4.05. The van der Waals surface area contributed by atoms with E-state index in [0.717, 1.165) is 25.3 Å². The van der Waals surface area contributed by atoms with Crippen LogP contribution in [-0.4, -0.2) is 28.4 Å². The molecule has 0 bridgehead atoms. The largest absolute Gasteiger partial charge is 0.352 e. The van der Waals surface area contributed by atoms with Gasteiger partial charge in [0.2, 0.25) is 0 Å². The van der Waals surface area contributed by atoms with Crippen molar-refractivity contribution in [1.29, 1.82) is 0 Å². The van der Waals surface area contributed by atoms with Crippen molar-refractivity contribution in [3.63, 3.8) is 0 Å². The zero-order chi connectivity index (χ0) is 15.4. The SMILES string of the molecule is CCn1ccnc(N2CC[C@H](CSc3ccccc3)C2)c1=O. The third-order valence-corrected chi connectivity index (χ3v) is 5.29. The number of hydrogen-bond donors (Lipinski definition) is 0. The summed E-state index contributed by atoms with van der Waals surface area (Å²) < 4.78 is 1.72. The zero-order valence-electron chi connectivity index (χ0n) is 12.8.